The summed E-state index contributed by atoms with van der Waals surface area (Å²) in [6, 6.07) is 4.49. The van der Waals surface area contributed by atoms with E-state index in [4.69, 9.17) is 10.5 Å². The predicted molar refractivity (Wildman–Crippen MR) is 65.2 cm³/mol. The molecule has 0 aromatic heterocycles. The van der Waals surface area contributed by atoms with E-state index < -0.39 is 0 Å². The van der Waals surface area contributed by atoms with Gasteiger partial charge in [0.25, 0.3) is 5.91 Å². The number of nitrogens with two attached hydrogens (primary N) is 1. The Kier molecular flexibility index (Phi) is 5.03. The summed E-state index contributed by atoms with van der Waals surface area (Å²) < 4.78 is 4.89. The van der Waals surface area contributed by atoms with Gasteiger partial charge in [0.2, 0.25) is 0 Å². The molecular weight excluding hydrogens is 220 g/mol. The molecule has 1 amide bonds. The summed E-state index contributed by atoms with van der Waals surface area (Å²) in [6.07, 6.45) is 3.52. The van der Waals surface area contributed by atoms with Crippen LogP contribution in [0.1, 0.15) is 10.4 Å². The number of rotatable bonds is 5. The lowest BCUT2D eigenvalue weighted by Gasteiger charge is -2.06. The van der Waals surface area contributed by atoms with Crippen molar-refractivity contribution in [2.24, 2.45) is 5.73 Å². The van der Waals surface area contributed by atoms with Crippen molar-refractivity contribution >= 4 is 5.91 Å². The smallest absolute Gasteiger partial charge is 0.251 e. The topological polar surface area (TPSA) is 84.6 Å². The highest BCUT2D eigenvalue weighted by Crippen LogP contribution is 2.25. The molecule has 0 saturated carbocycles. The van der Waals surface area contributed by atoms with Gasteiger partial charge in [0.15, 0.2) is 11.5 Å². The number of hydrogen-bond donors (Lipinski definition) is 3. The van der Waals surface area contributed by atoms with E-state index in [0.29, 0.717) is 24.4 Å². The molecule has 1 aromatic carbocycles. The average Bonchev–Trinajstić information content (AvgIpc) is 2.34. The first kappa shape index (κ1) is 13.1. The van der Waals surface area contributed by atoms with Crippen molar-refractivity contribution in [2.75, 3.05) is 20.2 Å². The molecule has 0 atom stereocenters. The zero-order valence-electron chi connectivity index (χ0n) is 9.64. The molecule has 0 aliphatic heterocycles. The zero-order chi connectivity index (χ0) is 12.7. The molecule has 5 nitrogen and oxygen atoms in total. The molecule has 0 fully saturated rings. The number of aromatic hydroxyl groups is 1. The van der Waals surface area contributed by atoms with Crippen LogP contribution in [0.4, 0.5) is 0 Å². The van der Waals surface area contributed by atoms with Gasteiger partial charge >= 0.3 is 0 Å². The van der Waals surface area contributed by atoms with Gasteiger partial charge in [-0.3, -0.25) is 4.79 Å². The number of carbonyl (C=O) groups excluding carboxylic acids is 1. The Hall–Kier alpha value is -2.01. The summed E-state index contributed by atoms with van der Waals surface area (Å²) in [5, 5.41) is 12.2. The van der Waals surface area contributed by atoms with Crippen LogP contribution in [-0.2, 0) is 0 Å². The van der Waals surface area contributed by atoms with Crippen LogP contribution in [0.25, 0.3) is 0 Å². The van der Waals surface area contributed by atoms with Crippen LogP contribution in [0.15, 0.2) is 30.4 Å². The fraction of sp³-hybridized carbons (Fsp3) is 0.250. The molecule has 0 bridgehead atoms. The molecule has 0 unspecified atom stereocenters. The predicted octanol–water partition coefficient (Wildman–Crippen LogP) is 0.645. The van der Waals surface area contributed by atoms with E-state index in [-0.39, 0.29) is 11.7 Å². The lowest BCUT2D eigenvalue weighted by molar-refractivity contribution is 0.0957. The second-order valence-electron chi connectivity index (χ2n) is 3.30. The van der Waals surface area contributed by atoms with Crippen molar-refractivity contribution in [3.05, 3.63) is 35.9 Å². The molecule has 0 saturated heterocycles. The number of ether oxygens (including phenoxy) is 1. The maximum Gasteiger partial charge on any atom is 0.251 e. The Morgan fingerprint density at radius 1 is 1.53 bits per heavy atom. The fourth-order valence-electron chi connectivity index (χ4n) is 1.26. The lowest BCUT2D eigenvalue weighted by atomic mass is 10.2. The summed E-state index contributed by atoms with van der Waals surface area (Å²) in [5.41, 5.74) is 5.64. The van der Waals surface area contributed by atoms with E-state index >= 15 is 0 Å². The van der Waals surface area contributed by atoms with Gasteiger partial charge < -0.3 is 20.9 Å². The van der Waals surface area contributed by atoms with Crippen molar-refractivity contribution in [1.29, 1.82) is 0 Å². The van der Waals surface area contributed by atoms with Gasteiger partial charge in [-0.05, 0) is 18.2 Å². The highest BCUT2D eigenvalue weighted by molar-refractivity contribution is 5.94. The van der Waals surface area contributed by atoms with Crippen molar-refractivity contribution in [1.82, 2.24) is 5.32 Å². The van der Waals surface area contributed by atoms with Crippen molar-refractivity contribution < 1.29 is 14.6 Å². The van der Waals surface area contributed by atoms with Gasteiger partial charge in [0.05, 0.1) is 7.11 Å². The van der Waals surface area contributed by atoms with Crippen molar-refractivity contribution in [2.45, 2.75) is 0 Å². The molecule has 0 heterocycles. The number of benzene rings is 1. The quantitative estimate of drug-likeness (QED) is 0.655. The number of nitrogens with one attached hydrogen (secondary N) is 1. The second-order valence-corrected chi connectivity index (χ2v) is 3.30. The Morgan fingerprint density at radius 2 is 2.29 bits per heavy atom. The molecule has 0 spiro atoms. The minimum absolute atomic E-state index is 0.0577. The molecular formula is C12H16N2O3. The Balaban J connectivity index is 2.63. The van der Waals surface area contributed by atoms with E-state index in [9.17, 15) is 9.90 Å². The van der Waals surface area contributed by atoms with Crippen LogP contribution in [0, 0.1) is 0 Å². The maximum atomic E-state index is 11.6. The standard InChI is InChI=1S/C12H16N2O3/c1-17-11-5-4-9(8-10(11)15)12(16)14-7-3-2-6-13/h2-5,8,15H,6-7,13H2,1H3,(H,14,16)/b3-2+. The number of carbonyl (C=O) groups is 1. The van der Waals surface area contributed by atoms with Crippen molar-refractivity contribution in [3.63, 3.8) is 0 Å². The third-order valence-electron chi connectivity index (χ3n) is 2.12. The van der Waals surface area contributed by atoms with E-state index in [1.54, 1.807) is 24.3 Å². The number of methoxy groups -OCH3 is 1. The van der Waals surface area contributed by atoms with Gasteiger partial charge in [0.1, 0.15) is 0 Å². The minimum atomic E-state index is -0.260. The number of hydrogen-bond acceptors (Lipinski definition) is 4. The molecule has 0 aliphatic rings. The second kappa shape index (κ2) is 6.55. The summed E-state index contributed by atoms with van der Waals surface area (Å²) >= 11 is 0. The Bertz CT molecular complexity index is 416. The monoisotopic (exact) mass is 236 g/mol. The Labute approximate surface area is 99.9 Å². The van der Waals surface area contributed by atoms with E-state index in [2.05, 4.69) is 5.32 Å². The SMILES string of the molecule is COc1ccc(C(=O)NC/C=C/CN)cc1O. The number of amides is 1. The molecule has 92 valence electrons. The molecule has 5 heteroatoms. The van der Waals surface area contributed by atoms with Gasteiger partial charge in [-0.25, -0.2) is 0 Å². The molecule has 1 aromatic rings. The fourth-order valence-corrected chi connectivity index (χ4v) is 1.26. The first-order valence-corrected chi connectivity index (χ1v) is 5.19. The summed E-state index contributed by atoms with van der Waals surface area (Å²) in [5.74, 6) is 0.0202. The Morgan fingerprint density at radius 3 is 2.88 bits per heavy atom. The zero-order valence-corrected chi connectivity index (χ0v) is 9.64. The molecule has 4 N–H and O–H groups in total. The van der Waals surface area contributed by atoms with Crippen LogP contribution < -0.4 is 15.8 Å². The summed E-state index contributed by atoms with van der Waals surface area (Å²) in [6.45, 7) is 0.849. The summed E-state index contributed by atoms with van der Waals surface area (Å²) in [7, 11) is 1.45. The van der Waals surface area contributed by atoms with Crippen LogP contribution in [-0.4, -0.2) is 31.2 Å². The molecule has 0 aliphatic carbocycles. The van der Waals surface area contributed by atoms with Crippen molar-refractivity contribution in [3.8, 4) is 11.5 Å². The highest BCUT2D eigenvalue weighted by atomic mass is 16.5. The van der Waals surface area contributed by atoms with E-state index in [1.165, 1.54) is 13.2 Å². The average molecular weight is 236 g/mol. The van der Waals surface area contributed by atoms with E-state index in [0.717, 1.165) is 0 Å². The highest BCUT2D eigenvalue weighted by Gasteiger charge is 2.08. The third kappa shape index (κ3) is 3.81. The molecule has 1 rings (SSSR count). The first-order chi connectivity index (χ1) is 8.19. The largest absolute Gasteiger partial charge is 0.504 e. The van der Waals surface area contributed by atoms with E-state index in [1.807, 2.05) is 0 Å². The number of phenolic OH excluding ortho intramolecular Hbond substituents is 1. The number of phenols is 1. The minimum Gasteiger partial charge on any atom is -0.504 e. The first-order valence-electron chi connectivity index (χ1n) is 5.19. The maximum absolute atomic E-state index is 11.6. The van der Waals surface area contributed by atoms with Crippen LogP contribution >= 0.6 is 0 Å². The van der Waals surface area contributed by atoms with Gasteiger partial charge in [-0.2, -0.15) is 0 Å². The van der Waals surface area contributed by atoms with Gasteiger partial charge in [-0.15, -0.1) is 0 Å². The normalized spacial score (nSPS) is 10.5. The lowest BCUT2D eigenvalue weighted by Crippen LogP contribution is -2.23. The molecule has 17 heavy (non-hydrogen) atoms. The third-order valence-corrected chi connectivity index (χ3v) is 2.12. The van der Waals surface area contributed by atoms with Crippen LogP contribution in [0.2, 0.25) is 0 Å². The van der Waals surface area contributed by atoms with Crippen LogP contribution in [0.5, 0.6) is 11.5 Å². The van der Waals surface area contributed by atoms with Crippen LogP contribution in [0.3, 0.4) is 0 Å². The van der Waals surface area contributed by atoms with Gasteiger partial charge in [-0.1, -0.05) is 12.2 Å². The summed E-state index contributed by atoms with van der Waals surface area (Å²) in [4.78, 5) is 11.6. The van der Waals surface area contributed by atoms with Gasteiger partial charge in [0, 0.05) is 18.7 Å². The molecule has 0 radical (unpaired) electrons.